The van der Waals surface area contributed by atoms with Crippen LogP contribution in [0.2, 0.25) is 0 Å². The Morgan fingerprint density at radius 3 is 2.12 bits per heavy atom. The topological polar surface area (TPSA) is 64.7 Å². The van der Waals surface area contributed by atoms with Crippen molar-refractivity contribution in [1.82, 2.24) is 0 Å². The van der Waals surface area contributed by atoms with Crippen molar-refractivity contribution in [1.29, 1.82) is 0 Å². The molecule has 0 aromatic rings. The number of ether oxygens (including phenoxy) is 2. The predicted molar refractivity (Wildman–Crippen MR) is 63.0 cm³/mol. The molecular weight excluding hydrogens is 206 g/mol. The molecule has 1 rings (SSSR count). The molecule has 16 heavy (non-hydrogen) atoms. The van der Waals surface area contributed by atoms with Gasteiger partial charge in [0.1, 0.15) is 0 Å². The van der Waals surface area contributed by atoms with Gasteiger partial charge in [0.05, 0.1) is 6.10 Å². The zero-order valence-corrected chi connectivity index (χ0v) is 10.4. The molecule has 0 saturated heterocycles. The quantitative estimate of drug-likeness (QED) is 0.676. The Bertz CT molecular complexity index is 185. The van der Waals surface area contributed by atoms with Crippen LogP contribution in [0.3, 0.4) is 0 Å². The molecule has 4 nitrogen and oxygen atoms in total. The first-order chi connectivity index (χ1) is 7.68. The highest BCUT2D eigenvalue weighted by Gasteiger charge is 2.42. The lowest BCUT2D eigenvalue weighted by Crippen LogP contribution is -2.48. The van der Waals surface area contributed by atoms with Crippen LogP contribution in [0.15, 0.2) is 0 Å². The molecule has 0 radical (unpaired) electrons. The second-order valence-electron chi connectivity index (χ2n) is 4.54. The zero-order valence-electron chi connectivity index (χ0n) is 10.4. The van der Waals surface area contributed by atoms with Crippen molar-refractivity contribution < 1.29 is 14.6 Å². The SMILES string of the molecule is CCOC(OCC)C1(CN)CCC(O)CC1. The van der Waals surface area contributed by atoms with Gasteiger partial charge in [0.25, 0.3) is 0 Å². The fourth-order valence-electron chi connectivity index (χ4n) is 2.42. The predicted octanol–water partition coefficient (Wildman–Crippen LogP) is 1.27. The van der Waals surface area contributed by atoms with Crippen molar-refractivity contribution in [2.45, 2.75) is 51.9 Å². The molecule has 4 heteroatoms. The monoisotopic (exact) mass is 231 g/mol. The average molecular weight is 231 g/mol. The molecule has 1 saturated carbocycles. The average Bonchev–Trinajstić information content (AvgIpc) is 2.31. The van der Waals surface area contributed by atoms with Gasteiger partial charge in [-0.1, -0.05) is 0 Å². The highest BCUT2D eigenvalue weighted by atomic mass is 16.7. The van der Waals surface area contributed by atoms with Crippen molar-refractivity contribution in [3.05, 3.63) is 0 Å². The minimum absolute atomic E-state index is 0.106. The van der Waals surface area contributed by atoms with Crippen LogP contribution < -0.4 is 5.73 Å². The lowest BCUT2D eigenvalue weighted by Gasteiger charge is -2.43. The Hall–Kier alpha value is -0.160. The smallest absolute Gasteiger partial charge is 0.164 e. The molecule has 96 valence electrons. The van der Waals surface area contributed by atoms with Crippen molar-refractivity contribution >= 4 is 0 Å². The fraction of sp³-hybridized carbons (Fsp3) is 1.00. The Kier molecular flexibility index (Phi) is 5.69. The van der Waals surface area contributed by atoms with Gasteiger partial charge >= 0.3 is 0 Å². The maximum Gasteiger partial charge on any atom is 0.164 e. The molecule has 0 heterocycles. The van der Waals surface area contributed by atoms with E-state index in [1.807, 2.05) is 13.8 Å². The third-order valence-electron chi connectivity index (χ3n) is 3.49. The number of rotatable bonds is 6. The van der Waals surface area contributed by atoms with Crippen LogP contribution in [0.1, 0.15) is 39.5 Å². The van der Waals surface area contributed by atoms with Crippen molar-refractivity contribution in [2.75, 3.05) is 19.8 Å². The summed E-state index contributed by atoms with van der Waals surface area (Å²) < 4.78 is 11.3. The van der Waals surface area contributed by atoms with Gasteiger partial charge < -0.3 is 20.3 Å². The molecule has 0 unspecified atom stereocenters. The van der Waals surface area contributed by atoms with Gasteiger partial charge in [0.15, 0.2) is 6.29 Å². The molecule has 0 spiro atoms. The Morgan fingerprint density at radius 2 is 1.75 bits per heavy atom. The van der Waals surface area contributed by atoms with E-state index in [0.29, 0.717) is 19.8 Å². The van der Waals surface area contributed by atoms with E-state index in [-0.39, 0.29) is 17.8 Å². The van der Waals surface area contributed by atoms with Gasteiger partial charge in [-0.2, -0.15) is 0 Å². The number of hydrogen-bond acceptors (Lipinski definition) is 4. The van der Waals surface area contributed by atoms with Gasteiger partial charge in [-0.3, -0.25) is 0 Å². The molecule has 0 amide bonds. The maximum absolute atomic E-state index is 9.56. The molecule has 0 aromatic heterocycles. The Morgan fingerprint density at radius 1 is 1.25 bits per heavy atom. The zero-order chi connectivity index (χ0) is 12.0. The summed E-state index contributed by atoms with van der Waals surface area (Å²) in [5, 5.41) is 9.56. The summed E-state index contributed by atoms with van der Waals surface area (Å²) in [5.74, 6) is 0. The summed E-state index contributed by atoms with van der Waals surface area (Å²) in [5.41, 5.74) is 5.80. The third-order valence-corrected chi connectivity index (χ3v) is 3.49. The summed E-state index contributed by atoms with van der Waals surface area (Å²) >= 11 is 0. The summed E-state index contributed by atoms with van der Waals surface area (Å²) in [7, 11) is 0. The van der Waals surface area contributed by atoms with E-state index in [0.717, 1.165) is 25.7 Å². The van der Waals surface area contributed by atoms with Crippen LogP contribution in [0, 0.1) is 5.41 Å². The molecule has 1 aliphatic rings. The highest BCUT2D eigenvalue weighted by Crippen LogP contribution is 2.40. The van der Waals surface area contributed by atoms with Crippen molar-refractivity contribution in [2.24, 2.45) is 11.1 Å². The maximum atomic E-state index is 9.56. The van der Waals surface area contributed by atoms with Gasteiger partial charge in [-0.25, -0.2) is 0 Å². The molecule has 3 N–H and O–H groups in total. The molecule has 0 aromatic carbocycles. The van der Waals surface area contributed by atoms with Crippen molar-refractivity contribution in [3.8, 4) is 0 Å². The first kappa shape index (κ1) is 13.9. The van der Waals surface area contributed by atoms with Crippen LogP contribution in [-0.4, -0.2) is 37.3 Å². The lowest BCUT2D eigenvalue weighted by atomic mass is 9.72. The summed E-state index contributed by atoms with van der Waals surface area (Å²) in [6, 6.07) is 0. The standard InChI is InChI=1S/C12H25NO3/c1-3-15-11(16-4-2)12(9-13)7-5-10(14)6-8-12/h10-11,14H,3-9,13H2,1-2H3. The lowest BCUT2D eigenvalue weighted by molar-refractivity contribution is -0.213. The van der Waals surface area contributed by atoms with Gasteiger partial charge in [0.2, 0.25) is 0 Å². The highest BCUT2D eigenvalue weighted by molar-refractivity contribution is 4.89. The van der Waals surface area contributed by atoms with Crippen LogP contribution in [-0.2, 0) is 9.47 Å². The molecule has 1 fully saturated rings. The van der Waals surface area contributed by atoms with E-state index in [9.17, 15) is 5.11 Å². The van der Waals surface area contributed by atoms with Crippen LogP contribution >= 0.6 is 0 Å². The van der Waals surface area contributed by atoms with Gasteiger partial charge in [-0.05, 0) is 39.5 Å². The fourth-order valence-corrected chi connectivity index (χ4v) is 2.42. The molecular formula is C12H25NO3. The molecule has 0 bridgehead atoms. The minimum Gasteiger partial charge on any atom is -0.393 e. The minimum atomic E-state index is -0.222. The normalized spacial score (nSPS) is 30.9. The van der Waals surface area contributed by atoms with Gasteiger partial charge in [-0.15, -0.1) is 0 Å². The van der Waals surface area contributed by atoms with E-state index < -0.39 is 0 Å². The Balaban J connectivity index is 2.67. The van der Waals surface area contributed by atoms with Gasteiger partial charge in [0, 0.05) is 25.2 Å². The summed E-state index contributed by atoms with van der Waals surface area (Å²) in [6.45, 7) is 5.76. The largest absolute Gasteiger partial charge is 0.393 e. The van der Waals surface area contributed by atoms with Crippen LogP contribution in [0.25, 0.3) is 0 Å². The molecule has 0 atom stereocenters. The van der Waals surface area contributed by atoms with E-state index in [1.54, 1.807) is 0 Å². The first-order valence-electron chi connectivity index (χ1n) is 6.30. The number of nitrogens with two attached hydrogens (primary N) is 1. The number of aliphatic hydroxyl groups excluding tert-OH is 1. The van der Waals surface area contributed by atoms with Crippen LogP contribution in [0.4, 0.5) is 0 Å². The number of hydrogen-bond donors (Lipinski definition) is 2. The van der Waals surface area contributed by atoms with E-state index in [2.05, 4.69) is 0 Å². The second-order valence-corrected chi connectivity index (χ2v) is 4.54. The first-order valence-corrected chi connectivity index (χ1v) is 6.30. The van der Waals surface area contributed by atoms with Crippen LogP contribution in [0.5, 0.6) is 0 Å². The second kappa shape index (κ2) is 6.55. The van der Waals surface area contributed by atoms with Crippen molar-refractivity contribution in [3.63, 3.8) is 0 Å². The Labute approximate surface area is 98.1 Å². The third kappa shape index (κ3) is 3.17. The summed E-state index contributed by atoms with van der Waals surface area (Å²) in [4.78, 5) is 0. The summed E-state index contributed by atoms with van der Waals surface area (Å²) in [6.07, 6.45) is 2.97. The van der Waals surface area contributed by atoms with E-state index >= 15 is 0 Å². The van der Waals surface area contributed by atoms with E-state index in [1.165, 1.54) is 0 Å². The molecule has 1 aliphatic carbocycles. The van der Waals surface area contributed by atoms with E-state index in [4.69, 9.17) is 15.2 Å². The molecule has 0 aliphatic heterocycles. The number of aliphatic hydroxyl groups is 1.